The molecule has 0 bridgehead atoms. The van der Waals surface area contributed by atoms with Gasteiger partial charge in [-0.25, -0.2) is 4.79 Å². The maximum atomic E-state index is 11.6. The quantitative estimate of drug-likeness (QED) is 0.881. The third-order valence-corrected chi connectivity index (χ3v) is 3.87. The molecule has 0 radical (unpaired) electrons. The van der Waals surface area contributed by atoms with Gasteiger partial charge in [-0.1, -0.05) is 13.0 Å². The number of pyridine rings is 1. The van der Waals surface area contributed by atoms with Crippen LogP contribution in [0.15, 0.2) is 36.5 Å². The van der Waals surface area contributed by atoms with Gasteiger partial charge in [0.25, 0.3) is 0 Å². The second-order valence-corrected chi connectivity index (χ2v) is 5.33. The molecule has 19 heavy (non-hydrogen) atoms. The van der Waals surface area contributed by atoms with Crippen molar-refractivity contribution in [1.82, 2.24) is 15.6 Å². The van der Waals surface area contributed by atoms with Crippen LogP contribution >= 0.6 is 11.3 Å². The first-order chi connectivity index (χ1) is 9.28. The highest BCUT2D eigenvalue weighted by Gasteiger charge is 2.03. The first-order valence-electron chi connectivity index (χ1n) is 6.27. The number of hydrogen-bond donors (Lipinski definition) is 2. The molecule has 2 N–H and O–H groups in total. The van der Waals surface area contributed by atoms with Gasteiger partial charge < -0.3 is 10.6 Å². The second kappa shape index (κ2) is 6.89. The minimum atomic E-state index is -0.169. The number of rotatable bonds is 5. The molecule has 100 valence electrons. The molecule has 5 heteroatoms. The molecule has 2 aromatic heterocycles. The number of nitrogens with zero attached hydrogens (tertiary/aromatic N) is 1. The largest absolute Gasteiger partial charge is 0.333 e. The van der Waals surface area contributed by atoms with Gasteiger partial charge in [-0.3, -0.25) is 4.98 Å². The van der Waals surface area contributed by atoms with Crippen molar-refractivity contribution in [2.24, 2.45) is 0 Å². The first kappa shape index (κ1) is 13.5. The Morgan fingerprint density at radius 2 is 1.95 bits per heavy atom. The lowest BCUT2D eigenvalue weighted by molar-refractivity contribution is 0.240. The van der Waals surface area contributed by atoms with Gasteiger partial charge >= 0.3 is 6.03 Å². The number of thiophene rings is 1. The van der Waals surface area contributed by atoms with Crippen LogP contribution in [0, 0.1) is 0 Å². The minimum absolute atomic E-state index is 0.169. The standard InChI is InChI=1S/C14H17N3OS/c1-2-12-6-7-13(19-12)10-17-14(18)16-9-11-5-3-4-8-15-11/h3-8H,2,9-10H2,1H3,(H2,16,17,18). The molecule has 2 aromatic rings. The summed E-state index contributed by atoms with van der Waals surface area (Å²) >= 11 is 1.73. The molecule has 0 saturated heterocycles. The van der Waals surface area contributed by atoms with Crippen LogP contribution in [0.4, 0.5) is 4.79 Å². The van der Waals surface area contributed by atoms with E-state index in [4.69, 9.17) is 0 Å². The molecule has 2 heterocycles. The third kappa shape index (κ3) is 4.37. The molecular weight excluding hydrogens is 258 g/mol. The Balaban J connectivity index is 1.73. The lowest BCUT2D eigenvalue weighted by atomic mass is 10.3. The van der Waals surface area contributed by atoms with Crippen LogP contribution in [-0.4, -0.2) is 11.0 Å². The van der Waals surface area contributed by atoms with E-state index in [1.807, 2.05) is 18.2 Å². The molecule has 0 aliphatic carbocycles. The maximum absolute atomic E-state index is 11.6. The van der Waals surface area contributed by atoms with Gasteiger partial charge in [0.2, 0.25) is 0 Å². The smallest absolute Gasteiger partial charge is 0.315 e. The van der Waals surface area contributed by atoms with E-state index in [1.165, 1.54) is 9.75 Å². The van der Waals surface area contributed by atoms with Crippen molar-refractivity contribution >= 4 is 17.4 Å². The minimum Gasteiger partial charge on any atom is -0.333 e. The van der Waals surface area contributed by atoms with Crippen LogP contribution in [0.5, 0.6) is 0 Å². The fourth-order valence-electron chi connectivity index (χ4n) is 1.61. The monoisotopic (exact) mass is 275 g/mol. The van der Waals surface area contributed by atoms with Gasteiger partial charge in [-0.15, -0.1) is 11.3 Å². The molecule has 2 amide bonds. The van der Waals surface area contributed by atoms with Crippen molar-refractivity contribution in [3.8, 4) is 0 Å². The normalized spacial score (nSPS) is 10.2. The highest BCUT2D eigenvalue weighted by molar-refractivity contribution is 7.11. The Morgan fingerprint density at radius 1 is 1.16 bits per heavy atom. The number of carbonyl (C=O) groups is 1. The fraction of sp³-hybridized carbons (Fsp3) is 0.286. The molecule has 0 aromatic carbocycles. The zero-order valence-corrected chi connectivity index (χ0v) is 11.7. The fourth-order valence-corrected chi connectivity index (χ4v) is 2.51. The van der Waals surface area contributed by atoms with Gasteiger partial charge in [0.05, 0.1) is 18.8 Å². The van der Waals surface area contributed by atoms with Crippen molar-refractivity contribution in [3.05, 3.63) is 52.0 Å². The van der Waals surface area contributed by atoms with Gasteiger partial charge in [0.15, 0.2) is 0 Å². The van der Waals surface area contributed by atoms with E-state index in [9.17, 15) is 4.79 Å². The summed E-state index contributed by atoms with van der Waals surface area (Å²) in [5.41, 5.74) is 0.849. The molecule has 0 fully saturated rings. The zero-order chi connectivity index (χ0) is 13.5. The Labute approximate surface area is 116 Å². The number of urea groups is 1. The highest BCUT2D eigenvalue weighted by atomic mass is 32.1. The van der Waals surface area contributed by atoms with Crippen LogP contribution in [0.2, 0.25) is 0 Å². The SMILES string of the molecule is CCc1ccc(CNC(=O)NCc2ccccn2)s1. The van der Waals surface area contributed by atoms with Crippen LogP contribution in [0.3, 0.4) is 0 Å². The van der Waals surface area contributed by atoms with E-state index in [2.05, 4.69) is 34.7 Å². The zero-order valence-electron chi connectivity index (χ0n) is 10.8. The number of amides is 2. The molecule has 0 aliphatic heterocycles. The summed E-state index contributed by atoms with van der Waals surface area (Å²) in [5.74, 6) is 0. The van der Waals surface area contributed by atoms with Gasteiger partial charge in [-0.2, -0.15) is 0 Å². The Morgan fingerprint density at radius 3 is 2.63 bits per heavy atom. The van der Waals surface area contributed by atoms with E-state index >= 15 is 0 Å². The summed E-state index contributed by atoms with van der Waals surface area (Å²) in [5, 5.41) is 5.62. The van der Waals surface area contributed by atoms with Crippen LogP contribution < -0.4 is 10.6 Å². The van der Waals surface area contributed by atoms with Crippen molar-refractivity contribution in [2.75, 3.05) is 0 Å². The molecule has 2 rings (SSSR count). The molecule has 0 saturated carbocycles. The van der Waals surface area contributed by atoms with Gasteiger partial charge in [0, 0.05) is 16.0 Å². The second-order valence-electron chi connectivity index (χ2n) is 4.08. The number of carbonyl (C=O) groups excluding carboxylic acids is 1. The Bertz CT molecular complexity index is 524. The van der Waals surface area contributed by atoms with Crippen molar-refractivity contribution in [2.45, 2.75) is 26.4 Å². The Hall–Kier alpha value is -1.88. The average molecular weight is 275 g/mol. The number of hydrogen-bond acceptors (Lipinski definition) is 3. The molecule has 0 aliphatic rings. The number of nitrogens with one attached hydrogen (secondary N) is 2. The summed E-state index contributed by atoms with van der Waals surface area (Å²) in [7, 11) is 0. The van der Waals surface area contributed by atoms with E-state index in [0.717, 1.165) is 12.1 Å². The molecule has 0 atom stereocenters. The van der Waals surface area contributed by atoms with Crippen molar-refractivity contribution in [1.29, 1.82) is 0 Å². The van der Waals surface area contributed by atoms with E-state index in [-0.39, 0.29) is 6.03 Å². The predicted octanol–water partition coefficient (Wildman–Crippen LogP) is 2.70. The summed E-state index contributed by atoms with van der Waals surface area (Å²) in [6.45, 7) is 3.14. The third-order valence-electron chi connectivity index (χ3n) is 2.65. The van der Waals surface area contributed by atoms with Crippen molar-refractivity contribution in [3.63, 3.8) is 0 Å². The van der Waals surface area contributed by atoms with Crippen LogP contribution in [0.25, 0.3) is 0 Å². The van der Waals surface area contributed by atoms with Gasteiger partial charge in [0.1, 0.15) is 0 Å². The summed E-state index contributed by atoms with van der Waals surface area (Å²) < 4.78 is 0. The highest BCUT2D eigenvalue weighted by Crippen LogP contribution is 2.16. The first-order valence-corrected chi connectivity index (χ1v) is 7.08. The number of aromatic nitrogens is 1. The van der Waals surface area contributed by atoms with Crippen LogP contribution in [-0.2, 0) is 19.5 Å². The summed E-state index contributed by atoms with van der Waals surface area (Å²) in [4.78, 5) is 18.3. The molecule has 0 spiro atoms. The maximum Gasteiger partial charge on any atom is 0.315 e. The predicted molar refractivity (Wildman–Crippen MR) is 77.0 cm³/mol. The van der Waals surface area contributed by atoms with Crippen LogP contribution in [0.1, 0.15) is 22.4 Å². The van der Waals surface area contributed by atoms with E-state index in [0.29, 0.717) is 13.1 Å². The topological polar surface area (TPSA) is 54.0 Å². The van der Waals surface area contributed by atoms with Gasteiger partial charge in [-0.05, 0) is 30.7 Å². The number of aryl methyl sites for hydroxylation is 1. The molecule has 0 unspecified atom stereocenters. The Kier molecular flexibility index (Phi) is 4.92. The molecular formula is C14H17N3OS. The van der Waals surface area contributed by atoms with E-state index < -0.39 is 0 Å². The lowest BCUT2D eigenvalue weighted by Gasteiger charge is -2.06. The van der Waals surface area contributed by atoms with Crippen molar-refractivity contribution < 1.29 is 4.79 Å². The lowest BCUT2D eigenvalue weighted by Crippen LogP contribution is -2.34. The molecule has 4 nitrogen and oxygen atoms in total. The average Bonchev–Trinajstić information content (AvgIpc) is 2.92. The summed E-state index contributed by atoms with van der Waals surface area (Å²) in [6.07, 6.45) is 2.75. The van der Waals surface area contributed by atoms with E-state index in [1.54, 1.807) is 17.5 Å². The summed E-state index contributed by atoms with van der Waals surface area (Å²) in [6, 6.07) is 9.63.